The Bertz CT molecular complexity index is 1280. The molecule has 0 saturated carbocycles. The van der Waals surface area contributed by atoms with E-state index in [0.717, 1.165) is 11.3 Å². The lowest BCUT2D eigenvalue weighted by atomic mass is 10.0. The molecule has 0 fully saturated rings. The third-order valence-electron chi connectivity index (χ3n) is 4.76. The van der Waals surface area contributed by atoms with Gasteiger partial charge >= 0.3 is 0 Å². The summed E-state index contributed by atoms with van der Waals surface area (Å²) in [6.45, 7) is 0. The molecule has 8 heteroatoms. The van der Waals surface area contributed by atoms with E-state index in [9.17, 15) is 9.59 Å². The number of fused-ring (bicyclic) bond motifs is 1. The minimum absolute atomic E-state index is 0.0160. The van der Waals surface area contributed by atoms with Crippen molar-refractivity contribution in [2.45, 2.75) is 19.3 Å². The predicted octanol–water partition coefficient (Wildman–Crippen LogP) is 3.04. The normalized spacial score (nSPS) is 10.8. The number of carbonyl (C=O) groups excluding carboxylic acids is 2. The van der Waals surface area contributed by atoms with Crippen LogP contribution in [0.2, 0.25) is 0 Å². The van der Waals surface area contributed by atoms with E-state index in [0.29, 0.717) is 11.5 Å². The second kappa shape index (κ2) is 8.09. The Kier molecular flexibility index (Phi) is 5.18. The molecule has 148 valence electrons. The first-order valence-electron chi connectivity index (χ1n) is 9.42. The van der Waals surface area contributed by atoms with Gasteiger partial charge in [-0.25, -0.2) is 9.97 Å². The van der Waals surface area contributed by atoms with Crippen molar-refractivity contribution < 1.29 is 9.59 Å². The first-order valence-corrected chi connectivity index (χ1v) is 9.42. The fourth-order valence-electron chi connectivity index (χ4n) is 3.28. The van der Waals surface area contributed by atoms with E-state index in [2.05, 4.69) is 15.1 Å². The van der Waals surface area contributed by atoms with Crippen molar-refractivity contribution in [2.24, 2.45) is 7.05 Å². The van der Waals surface area contributed by atoms with Crippen LogP contribution in [-0.4, -0.2) is 35.7 Å². The second-order valence-electron chi connectivity index (χ2n) is 6.83. The topological polar surface area (TPSA) is 106 Å². The van der Waals surface area contributed by atoms with E-state index in [1.165, 1.54) is 10.9 Å². The number of hydrogen-bond donors (Lipinski definition) is 0. The van der Waals surface area contributed by atoms with E-state index in [-0.39, 0.29) is 42.1 Å². The molecular weight excluding hydrogens is 380 g/mol. The van der Waals surface area contributed by atoms with Crippen LogP contribution in [0, 0.1) is 11.3 Å². The van der Waals surface area contributed by atoms with Gasteiger partial charge in [0.1, 0.15) is 5.69 Å². The number of nitriles is 1. The van der Waals surface area contributed by atoms with Crippen LogP contribution < -0.4 is 0 Å². The lowest BCUT2D eigenvalue weighted by Gasteiger charge is -2.05. The minimum Gasteiger partial charge on any atom is -0.294 e. The maximum absolute atomic E-state index is 12.9. The van der Waals surface area contributed by atoms with Gasteiger partial charge in [0, 0.05) is 37.8 Å². The highest BCUT2D eigenvalue weighted by Gasteiger charge is 2.22. The Labute approximate surface area is 172 Å². The minimum atomic E-state index is -0.267. The molecule has 4 aromatic rings. The maximum Gasteiger partial charge on any atom is 0.234 e. The summed E-state index contributed by atoms with van der Waals surface area (Å²) < 4.78 is 3.20. The van der Waals surface area contributed by atoms with Crippen LogP contribution in [0.15, 0.2) is 55.0 Å². The Hall–Kier alpha value is -4.12. The maximum atomic E-state index is 12.9. The predicted molar refractivity (Wildman–Crippen MR) is 109 cm³/mol. The van der Waals surface area contributed by atoms with Gasteiger partial charge in [-0.1, -0.05) is 30.3 Å². The number of benzene rings is 1. The average molecular weight is 398 g/mol. The summed E-state index contributed by atoms with van der Waals surface area (Å²) in [6.07, 6.45) is 5.25. The van der Waals surface area contributed by atoms with Crippen molar-refractivity contribution in [3.8, 4) is 17.3 Å². The van der Waals surface area contributed by atoms with Crippen LogP contribution in [0.4, 0.5) is 0 Å². The van der Waals surface area contributed by atoms with Gasteiger partial charge in [-0.3, -0.25) is 18.7 Å². The zero-order valence-corrected chi connectivity index (χ0v) is 16.3. The molecule has 3 aromatic heterocycles. The largest absolute Gasteiger partial charge is 0.294 e. The molecule has 0 amide bonds. The van der Waals surface area contributed by atoms with E-state index in [4.69, 9.17) is 5.26 Å². The zero-order chi connectivity index (χ0) is 21.1. The average Bonchev–Trinajstić information content (AvgIpc) is 3.36. The first kappa shape index (κ1) is 19.2. The van der Waals surface area contributed by atoms with E-state index < -0.39 is 0 Å². The summed E-state index contributed by atoms with van der Waals surface area (Å²) in [5.41, 5.74) is 2.80. The van der Waals surface area contributed by atoms with Crippen molar-refractivity contribution in [3.63, 3.8) is 0 Å². The van der Waals surface area contributed by atoms with Crippen LogP contribution in [-0.2, 0) is 13.5 Å². The summed E-state index contributed by atoms with van der Waals surface area (Å²) in [5, 5.41) is 12.7. The Morgan fingerprint density at radius 1 is 1.10 bits per heavy atom. The van der Waals surface area contributed by atoms with Gasteiger partial charge in [0.25, 0.3) is 0 Å². The van der Waals surface area contributed by atoms with Crippen molar-refractivity contribution in [1.29, 1.82) is 5.26 Å². The highest BCUT2D eigenvalue weighted by molar-refractivity contribution is 6.08. The molecule has 0 spiro atoms. The van der Waals surface area contributed by atoms with Gasteiger partial charge in [0.05, 0.1) is 35.6 Å². The number of carbonyl (C=O) groups is 2. The second-order valence-corrected chi connectivity index (χ2v) is 6.83. The third kappa shape index (κ3) is 3.73. The summed E-state index contributed by atoms with van der Waals surface area (Å²) in [7, 11) is 1.62. The molecule has 0 unspecified atom stereocenters. The summed E-state index contributed by atoms with van der Waals surface area (Å²) in [6, 6.07) is 13.5. The van der Waals surface area contributed by atoms with Gasteiger partial charge in [-0.15, -0.1) is 0 Å². The Morgan fingerprint density at radius 3 is 2.67 bits per heavy atom. The quantitative estimate of drug-likeness (QED) is 0.443. The van der Waals surface area contributed by atoms with Crippen molar-refractivity contribution in [2.75, 3.05) is 0 Å². The zero-order valence-electron chi connectivity index (χ0n) is 16.3. The van der Waals surface area contributed by atoms with Gasteiger partial charge in [-0.2, -0.15) is 10.4 Å². The molecule has 0 saturated heterocycles. The first-order chi connectivity index (χ1) is 14.6. The SMILES string of the molecule is Cn1ncc(C(=O)CCC#N)c1C(=O)Cc1ccn2cc(-c3ccccc3)nc2n1. The molecule has 4 rings (SSSR count). The van der Waals surface area contributed by atoms with Gasteiger partial charge in [0.2, 0.25) is 5.78 Å². The molecule has 0 N–H and O–H groups in total. The number of ketones is 2. The molecule has 0 radical (unpaired) electrons. The number of aryl methyl sites for hydroxylation is 1. The lowest BCUT2D eigenvalue weighted by molar-refractivity contribution is 0.0950. The van der Waals surface area contributed by atoms with Crippen LogP contribution in [0.5, 0.6) is 0 Å². The lowest BCUT2D eigenvalue weighted by Crippen LogP contribution is -2.15. The van der Waals surface area contributed by atoms with Crippen LogP contribution in [0.3, 0.4) is 0 Å². The summed E-state index contributed by atoms with van der Waals surface area (Å²) in [4.78, 5) is 34.3. The van der Waals surface area contributed by atoms with E-state index in [1.54, 1.807) is 17.5 Å². The van der Waals surface area contributed by atoms with Crippen LogP contribution >= 0.6 is 0 Å². The highest BCUT2D eigenvalue weighted by atomic mass is 16.1. The molecule has 0 aliphatic heterocycles. The molecule has 0 aliphatic carbocycles. The fourth-order valence-corrected chi connectivity index (χ4v) is 3.28. The van der Waals surface area contributed by atoms with Gasteiger partial charge < -0.3 is 0 Å². The molecule has 0 aliphatic rings. The molecule has 30 heavy (non-hydrogen) atoms. The van der Waals surface area contributed by atoms with Gasteiger partial charge in [-0.05, 0) is 6.07 Å². The highest BCUT2D eigenvalue weighted by Crippen LogP contribution is 2.19. The van der Waals surface area contributed by atoms with E-state index >= 15 is 0 Å². The van der Waals surface area contributed by atoms with Gasteiger partial charge in [0.15, 0.2) is 11.6 Å². The summed E-state index contributed by atoms with van der Waals surface area (Å²) in [5.74, 6) is -0.0337. The summed E-state index contributed by atoms with van der Waals surface area (Å²) >= 11 is 0. The number of Topliss-reactive ketones (excluding diaryl/α,β-unsaturated/α-hetero) is 2. The third-order valence-corrected chi connectivity index (χ3v) is 4.76. The molecule has 0 atom stereocenters. The number of aromatic nitrogens is 5. The smallest absolute Gasteiger partial charge is 0.234 e. The standard InChI is InChI=1S/C22H18N6O2/c1-27-21(17(13-24-27)19(29)8-5-10-23)20(30)12-16-9-11-28-14-18(26-22(28)25-16)15-6-3-2-4-7-15/h2-4,6-7,9,11,13-14H,5,8,12H2,1H3. The number of nitrogens with zero attached hydrogens (tertiary/aromatic N) is 6. The number of hydrogen-bond acceptors (Lipinski definition) is 6. The molecular formula is C22H18N6O2. The van der Waals surface area contributed by atoms with Crippen LogP contribution in [0.1, 0.15) is 39.4 Å². The van der Waals surface area contributed by atoms with Crippen molar-refractivity contribution in [1.82, 2.24) is 24.1 Å². The number of imidazole rings is 1. The van der Waals surface area contributed by atoms with Crippen LogP contribution in [0.25, 0.3) is 17.0 Å². The monoisotopic (exact) mass is 398 g/mol. The number of rotatable bonds is 7. The van der Waals surface area contributed by atoms with Crippen molar-refractivity contribution >= 4 is 17.3 Å². The fraction of sp³-hybridized carbons (Fsp3) is 0.182. The molecule has 3 heterocycles. The van der Waals surface area contributed by atoms with Crippen molar-refractivity contribution in [3.05, 3.63) is 71.9 Å². The van der Waals surface area contributed by atoms with E-state index in [1.807, 2.05) is 48.8 Å². The molecule has 8 nitrogen and oxygen atoms in total. The molecule has 1 aromatic carbocycles. The molecule has 0 bridgehead atoms. The Morgan fingerprint density at radius 2 is 1.90 bits per heavy atom. The Balaban J connectivity index is 1.59.